The first-order chi connectivity index (χ1) is 8.05. The van der Waals surface area contributed by atoms with Gasteiger partial charge in [-0.25, -0.2) is 0 Å². The molecule has 2 N–H and O–H groups in total. The largest absolute Gasteiger partial charge is 0.395 e. The van der Waals surface area contributed by atoms with Crippen LogP contribution in [0.1, 0.15) is 59.3 Å². The van der Waals surface area contributed by atoms with Crippen LogP contribution in [-0.4, -0.2) is 23.8 Å². The molecule has 0 amide bonds. The molecule has 0 aromatic carbocycles. The van der Waals surface area contributed by atoms with Crippen molar-refractivity contribution < 1.29 is 5.11 Å². The normalized spacial score (nSPS) is 39.4. The highest BCUT2D eigenvalue weighted by Crippen LogP contribution is 2.52. The molecule has 4 unspecified atom stereocenters. The third-order valence-electron chi connectivity index (χ3n) is 4.93. The SMILES string of the molecule is CC1CC2CCCC(C(CO)NC(C)C)(C1)C2. The number of aliphatic hydroxyl groups is 1. The third kappa shape index (κ3) is 2.85. The molecular weight excluding hydrogens is 210 g/mol. The molecule has 2 fully saturated rings. The Balaban J connectivity index is 2.13. The number of hydrogen-bond acceptors (Lipinski definition) is 2. The number of nitrogens with one attached hydrogen (secondary N) is 1. The lowest BCUT2D eigenvalue weighted by Crippen LogP contribution is -2.54. The highest BCUT2D eigenvalue weighted by atomic mass is 16.3. The van der Waals surface area contributed by atoms with E-state index in [0.29, 0.717) is 24.1 Å². The lowest BCUT2D eigenvalue weighted by Gasteiger charge is -2.52. The van der Waals surface area contributed by atoms with Gasteiger partial charge in [-0.05, 0) is 42.9 Å². The third-order valence-corrected chi connectivity index (χ3v) is 4.93. The quantitative estimate of drug-likeness (QED) is 0.790. The van der Waals surface area contributed by atoms with Gasteiger partial charge in [0, 0.05) is 12.1 Å². The van der Waals surface area contributed by atoms with E-state index >= 15 is 0 Å². The maximum Gasteiger partial charge on any atom is 0.0590 e. The Kier molecular flexibility index (Phi) is 4.14. The zero-order valence-electron chi connectivity index (χ0n) is 11.7. The summed E-state index contributed by atoms with van der Waals surface area (Å²) in [7, 11) is 0. The summed E-state index contributed by atoms with van der Waals surface area (Å²) in [4.78, 5) is 0. The van der Waals surface area contributed by atoms with Crippen molar-refractivity contribution in [2.45, 2.75) is 71.4 Å². The second kappa shape index (κ2) is 5.27. The van der Waals surface area contributed by atoms with Crippen LogP contribution in [0.5, 0.6) is 0 Å². The number of aliphatic hydroxyl groups excluding tert-OH is 1. The molecule has 4 atom stereocenters. The summed E-state index contributed by atoms with van der Waals surface area (Å²) in [6.07, 6.45) is 8.19. The smallest absolute Gasteiger partial charge is 0.0590 e. The van der Waals surface area contributed by atoms with Crippen molar-refractivity contribution in [3.63, 3.8) is 0 Å². The van der Waals surface area contributed by atoms with Gasteiger partial charge in [-0.1, -0.05) is 33.6 Å². The average molecular weight is 239 g/mol. The van der Waals surface area contributed by atoms with Crippen LogP contribution in [0.15, 0.2) is 0 Å². The fourth-order valence-electron chi connectivity index (χ4n) is 4.54. The zero-order chi connectivity index (χ0) is 12.5. The van der Waals surface area contributed by atoms with Gasteiger partial charge in [0.05, 0.1) is 6.61 Å². The van der Waals surface area contributed by atoms with Gasteiger partial charge in [0.15, 0.2) is 0 Å². The maximum atomic E-state index is 9.76. The summed E-state index contributed by atoms with van der Waals surface area (Å²) in [5.74, 6) is 1.77. The fourth-order valence-corrected chi connectivity index (χ4v) is 4.54. The number of hydrogen-bond donors (Lipinski definition) is 2. The molecule has 2 nitrogen and oxygen atoms in total. The summed E-state index contributed by atoms with van der Waals surface area (Å²) in [6.45, 7) is 7.07. The first-order valence-electron chi connectivity index (χ1n) is 7.42. The molecule has 0 heterocycles. The van der Waals surface area contributed by atoms with Crippen molar-refractivity contribution in [3.8, 4) is 0 Å². The van der Waals surface area contributed by atoms with Gasteiger partial charge in [-0.15, -0.1) is 0 Å². The van der Waals surface area contributed by atoms with Crippen molar-refractivity contribution in [1.29, 1.82) is 0 Å². The molecule has 2 heteroatoms. The summed E-state index contributed by atoms with van der Waals surface area (Å²) in [5.41, 5.74) is 0.388. The van der Waals surface area contributed by atoms with Gasteiger partial charge < -0.3 is 10.4 Å². The summed E-state index contributed by atoms with van der Waals surface area (Å²) in [5, 5.41) is 13.4. The lowest BCUT2D eigenvalue weighted by molar-refractivity contribution is -0.00959. The highest BCUT2D eigenvalue weighted by molar-refractivity contribution is 4.99. The monoisotopic (exact) mass is 239 g/mol. The van der Waals surface area contributed by atoms with Crippen molar-refractivity contribution >= 4 is 0 Å². The molecule has 2 aliphatic rings. The number of fused-ring (bicyclic) bond motifs is 2. The van der Waals surface area contributed by atoms with Crippen LogP contribution in [0.25, 0.3) is 0 Å². The summed E-state index contributed by atoms with van der Waals surface area (Å²) < 4.78 is 0. The predicted molar refractivity (Wildman–Crippen MR) is 71.9 cm³/mol. The van der Waals surface area contributed by atoms with E-state index in [2.05, 4.69) is 26.1 Å². The van der Waals surface area contributed by atoms with Crippen LogP contribution in [0.3, 0.4) is 0 Å². The molecular formula is C15H29NO. The molecule has 2 rings (SSSR count). The van der Waals surface area contributed by atoms with E-state index in [-0.39, 0.29) is 0 Å². The van der Waals surface area contributed by atoms with Crippen LogP contribution in [-0.2, 0) is 0 Å². The Morgan fingerprint density at radius 2 is 2.12 bits per heavy atom. The van der Waals surface area contributed by atoms with Crippen molar-refractivity contribution in [2.75, 3.05) is 6.61 Å². The van der Waals surface area contributed by atoms with Crippen LogP contribution in [0, 0.1) is 17.3 Å². The van der Waals surface area contributed by atoms with Crippen molar-refractivity contribution in [1.82, 2.24) is 5.32 Å². The number of rotatable bonds is 4. The Labute approximate surface area is 106 Å². The van der Waals surface area contributed by atoms with Gasteiger partial charge in [0.25, 0.3) is 0 Å². The zero-order valence-corrected chi connectivity index (χ0v) is 11.7. The summed E-state index contributed by atoms with van der Waals surface area (Å²) in [6, 6.07) is 0.784. The topological polar surface area (TPSA) is 32.3 Å². The molecule has 0 aromatic heterocycles. The van der Waals surface area contributed by atoms with Gasteiger partial charge in [-0.3, -0.25) is 0 Å². The molecule has 0 saturated heterocycles. The van der Waals surface area contributed by atoms with Crippen LogP contribution in [0.4, 0.5) is 0 Å². The first-order valence-corrected chi connectivity index (χ1v) is 7.42. The molecule has 100 valence electrons. The average Bonchev–Trinajstić information content (AvgIpc) is 2.24. The van der Waals surface area contributed by atoms with Crippen LogP contribution < -0.4 is 5.32 Å². The lowest BCUT2D eigenvalue weighted by atomic mass is 9.56. The standard InChI is InChI=1S/C15H29NO/c1-11(2)16-14(10-17)15-6-4-5-13(9-15)7-12(3)8-15/h11-14,16-17H,4-10H2,1-3H3. The van der Waals surface area contributed by atoms with E-state index < -0.39 is 0 Å². The molecule has 0 radical (unpaired) electrons. The van der Waals surface area contributed by atoms with E-state index in [0.717, 1.165) is 11.8 Å². The Bertz CT molecular complexity index is 249. The van der Waals surface area contributed by atoms with Gasteiger partial charge in [-0.2, -0.15) is 0 Å². The van der Waals surface area contributed by atoms with Gasteiger partial charge in [0.1, 0.15) is 0 Å². The van der Waals surface area contributed by atoms with Crippen molar-refractivity contribution in [2.24, 2.45) is 17.3 Å². The van der Waals surface area contributed by atoms with E-state index in [1.165, 1.54) is 38.5 Å². The van der Waals surface area contributed by atoms with E-state index in [9.17, 15) is 5.11 Å². The molecule has 17 heavy (non-hydrogen) atoms. The predicted octanol–water partition coefficient (Wildman–Crippen LogP) is 2.95. The van der Waals surface area contributed by atoms with Crippen LogP contribution >= 0.6 is 0 Å². The Hall–Kier alpha value is -0.0800. The molecule has 2 bridgehead atoms. The molecule has 2 aliphatic carbocycles. The molecule has 0 aromatic rings. The first kappa shape index (κ1) is 13.4. The van der Waals surface area contributed by atoms with E-state index in [1.54, 1.807) is 0 Å². The van der Waals surface area contributed by atoms with E-state index in [1.807, 2.05) is 0 Å². The molecule has 0 aliphatic heterocycles. The van der Waals surface area contributed by atoms with Gasteiger partial charge in [0.2, 0.25) is 0 Å². The summed E-state index contributed by atoms with van der Waals surface area (Å²) >= 11 is 0. The van der Waals surface area contributed by atoms with Crippen molar-refractivity contribution in [3.05, 3.63) is 0 Å². The van der Waals surface area contributed by atoms with Crippen LogP contribution in [0.2, 0.25) is 0 Å². The Morgan fingerprint density at radius 1 is 1.35 bits per heavy atom. The minimum absolute atomic E-state index is 0.303. The minimum Gasteiger partial charge on any atom is -0.395 e. The maximum absolute atomic E-state index is 9.76. The second-order valence-corrected chi connectivity index (χ2v) is 6.93. The minimum atomic E-state index is 0.303. The Morgan fingerprint density at radius 3 is 2.76 bits per heavy atom. The van der Waals surface area contributed by atoms with E-state index in [4.69, 9.17) is 0 Å². The highest BCUT2D eigenvalue weighted by Gasteiger charge is 2.46. The van der Waals surface area contributed by atoms with Gasteiger partial charge >= 0.3 is 0 Å². The second-order valence-electron chi connectivity index (χ2n) is 6.93. The molecule has 2 saturated carbocycles. The molecule has 0 spiro atoms. The fraction of sp³-hybridized carbons (Fsp3) is 1.00.